The summed E-state index contributed by atoms with van der Waals surface area (Å²) in [7, 11) is -3.78. The number of benzene rings is 2. The van der Waals surface area contributed by atoms with Crippen LogP contribution in [0, 0.1) is 24.2 Å². The Morgan fingerprint density at radius 3 is 2.45 bits per heavy atom. The van der Waals surface area contributed by atoms with E-state index < -0.39 is 9.84 Å². The number of anilines is 1. The van der Waals surface area contributed by atoms with Crippen molar-refractivity contribution in [1.29, 1.82) is 5.26 Å². The summed E-state index contributed by atoms with van der Waals surface area (Å²) in [5, 5.41) is 9.88. The largest absolute Gasteiger partial charge is 0.370 e. The van der Waals surface area contributed by atoms with Crippen molar-refractivity contribution in [2.75, 3.05) is 18.0 Å². The standard InChI is InChI=1S/C23H23N3O2S/c1-16-9-11-26(12-10-16)23-20-13-17(2)3-8-21(20)25-15-22(23)29(27,28)19-6-4-18(14-24)5-7-19/h3-8,13,15-16H,9-12H2,1-2H3. The highest BCUT2D eigenvalue weighted by Crippen LogP contribution is 2.38. The Bertz CT molecular complexity index is 1200. The minimum absolute atomic E-state index is 0.178. The summed E-state index contributed by atoms with van der Waals surface area (Å²) < 4.78 is 27.1. The monoisotopic (exact) mass is 405 g/mol. The maximum absolute atomic E-state index is 13.5. The smallest absolute Gasteiger partial charge is 0.210 e. The second-order valence-electron chi connectivity index (χ2n) is 7.80. The van der Waals surface area contributed by atoms with E-state index in [1.54, 1.807) is 0 Å². The Hall–Kier alpha value is -2.91. The number of nitriles is 1. The van der Waals surface area contributed by atoms with E-state index in [9.17, 15) is 8.42 Å². The van der Waals surface area contributed by atoms with Crippen molar-refractivity contribution >= 4 is 26.4 Å². The van der Waals surface area contributed by atoms with Gasteiger partial charge in [-0.2, -0.15) is 5.26 Å². The van der Waals surface area contributed by atoms with Gasteiger partial charge in [-0.15, -0.1) is 0 Å². The van der Waals surface area contributed by atoms with Crippen molar-refractivity contribution in [3.63, 3.8) is 0 Å². The first kappa shape index (κ1) is 19.4. The highest BCUT2D eigenvalue weighted by atomic mass is 32.2. The van der Waals surface area contributed by atoms with Crippen LogP contribution < -0.4 is 4.90 Å². The molecule has 29 heavy (non-hydrogen) atoms. The number of sulfone groups is 1. The van der Waals surface area contributed by atoms with Crippen LogP contribution in [0.3, 0.4) is 0 Å². The number of hydrogen-bond donors (Lipinski definition) is 0. The first-order chi connectivity index (χ1) is 13.9. The Labute approximate surface area is 171 Å². The number of piperidine rings is 1. The van der Waals surface area contributed by atoms with Gasteiger partial charge in [0.05, 0.1) is 27.7 Å². The molecule has 1 aromatic heterocycles. The molecule has 6 heteroatoms. The van der Waals surface area contributed by atoms with Crippen LogP contribution in [0.5, 0.6) is 0 Å². The van der Waals surface area contributed by atoms with Gasteiger partial charge in [0.1, 0.15) is 4.90 Å². The molecular weight excluding hydrogens is 382 g/mol. The van der Waals surface area contributed by atoms with Crippen LogP contribution in [0.25, 0.3) is 10.9 Å². The van der Waals surface area contributed by atoms with Crippen molar-refractivity contribution in [3.05, 3.63) is 59.8 Å². The van der Waals surface area contributed by atoms with E-state index in [1.807, 2.05) is 31.2 Å². The van der Waals surface area contributed by atoms with Gasteiger partial charge in [0.25, 0.3) is 0 Å². The van der Waals surface area contributed by atoms with Crippen molar-refractivity contribution in [2.45, 2.75) is 36.5 Å². The fraction of sp³-hybridized carbons (Fsp3) is 0.304. The molecule has 0 aliphatic carbocycles. The Kier molecular flexibility index (Phi) is 5.01. The lowest BCUT2D eigenvalue weighted by Gasteiger charge is -2.34. The molecule has 1 aliphatic rings. The molecule has 0 radical (unpaired) electrons. The number of nitrogens with zero attached hydrogens (tertiary/aromatic N) is 3. The van der Waals surface area contributed by atoms with E-state index in [0.717, 1.165) is 48.1 Å². The second kappa shape index (κ2) is 7.49. The Balaban J connectivity index is 1.93. The molecule has 1 fully saturated rings. The van der Waals surface area contributed by atoms with Crippen LogP contribution >= 0.6 is 0 Å². The van der Waals surface area contributed by atoms with E-state index in [-0.39, 0.29) is 9.79 Å². The molecule has 0 amide bonds. The minimum Gasteiger partial charge on any atom is -0.370 e. The van der Waals surface area contributed by atoms with E-state index in [1.165, 1.54) is 30.5 Å². The van der Waals surface area contributed by atoms with Crippen molar-refractivity contribution < 1.29 is 8.42 Å². The predicted octanol–water partition coefficient (Wildman–Crippen LogP) is 4.48. The quantitative estimate of drug-likeness (QED) is 0.642. The summed E-state index contributed by atoms with van der Waals surface area (Å²) in [5.74, 6) is 0.639. The molecule has 0 unspecified atom stereocenters. The fourth-order valence-electron chi connectivity index (χ4n) is 3.86. The molecule has 2 aromatic carbocycles. The average molecular weight is 406 g/mol. The van der Waals surface area contributed by atoms with Crippen LogP contribution in [-0.4, -0.2) is 26.5 Å². The number of fused-ring (bicyclic) bond motifs is 1. The van der Waals surface area contributed by atoms with Gasteiger partial charge in [-0.25, -0.2) is 8.42 Å². The van der Waals surface area contributed by atoms with Crippen molar-refractivity contribution in [2.24, 2.45) is 5.92 Å². The number of rotatable bonds is 3. The van der Waals surface area contributed by atoms with Crippen LogP contribution in [0.4, 0.5) is 5.69 Å². The number of hydrogen-bond acceptors (Lipinski definition) is 5. The molecule has 3 aromatic rings. The molecule has 1 saturated heterocycles. The fourth-order valence-corrected chi connectivity index (χ4v) is 5.30. The zero-order valence-corrected chi connectivity index (χ0v) is 17.4. The SMILES string of the molecule is Cc1ccc2ncc(S(=O)(=O)c3ccc(C#N)cc3)c(N3CCC(C)CC3)c2c1. The zero-order chi connectivity index (χ0) is 20.6. The third-order valence-electron chi connectivity index (χ3n) is 5.64. The molecular formula is C23H23N3O2S. The minimum atomic E-state index is -3.78. The van der Waals surface area contributed by atoms with E-state index in [0.29, 0.717) is 11.5 Å². The topological polar surface area (TPSA) is 74.1 Å². The van der Waals surface area contributed by atoms with E-state index >= 15 is 0 Å². The summed E-state index contributed by atoms with van der Waals surface area (Å²) in [6, 6.07) is 14.0. The van der Waals surface area contributed by atoms with E-state index in [2.05, 4.69) is 16.8 Å². The normalized spacial score (nSPS) is 15.4. The van der Waals surface area contributed by atoms with Gasteiger partial charge < -0.3 is 4.90 Å². The molecule has 4 rings (SSSR count). The third-order valence-corrected chi connectivity index (χ3v) is 7.42. The molecule has 1 aliphatic heterocycles. The molecule has 0 bridgehead atoms. The van der Waals surface area contributed by atoms with Crippen molar-refractivity contribution in [1.82, 2.24) is 4.98 Å². The molecule has 0 N–H and O–H groups in total. The Morgan fingerprint density at radius 1 is 1.10 bits per heavy atom. The number of aromatic nitrogens is 1. The molecule has 148 valence electrons. The van der Waals surface area contributed by atoms with Crippen LogP contribution in [0.15, 0.2) is 58.5 Å². The summed E-state index contributed by atoms with van der Waals surface area (Å²) >= 11 is 0. The molecule has 0 atom stereocenters. The highest BCUT2D eigenvalue weighted by molar-refractivity contribution is 7.91. The maximum Gasteiger partial charge on any atom is 0.210 e. The highest BCUT2D eigenvalue weighted by Gasteiger charge is 2.28. The molecule has 5 nitrogen and oxygen atoms in total. The number of aryl methyl sites for hydroxylation is 1. The van der Waals surface area contributed by atoms with E-state index in [4.69, 9.17) is 5.26 Å². The van der Waals surface area contributed by atoms with Gasteiger partial charge >= 0.3 is 0 Å². The van der Waals surface area contributed by atoms with Gasteiger partial charge in [-0.1, -0.05) is 18.6 Å². The average Bonchev–Trinajstić information content (AvgIpc) is 2.73. The van der Waals surface area contributed by atoms with Gasteiger partial charge in [0, 0.05) is 24.7 Å². The summed E-state index contributed by atoms with van der Waals surface area (Å²) in [5.41, 5.74) is 3.04. The van der Waals surface area contributed by atoms with Crippen LogP contribution in [0.2, 0.25) is 0 Å². The van der Waals surface area contributed by atoms with Gasteiger partial charge in [0.2, 0.25) is 9.84 Å². The van der Waals surface area contributed by atoms with Gasteiger partial charge in [-0.05, 0) is 62.1 Å². The maximum atomic E-state index is 13.5. The predicted molar refractivity (Wildman–Crippen MR) is 114 cm³/mol. The van der Waals surface area contributed by atoms with Gasteiger partial charge in [0.15, 0.2) is 0 Å². The Morgan fingerprint density at radius 2 is 1.79 bits per heavy atom. The van der Waals surface area contributed by atoms with Crippen LogP contribution in [0.1, 0.15) is 30.9 Å². The lowest BCUT2D eigenvalue weighted by molar-refractivity contribution is 0.437. The first-order valence-corrected chi connectivity index (χ1v) is 11.3. The van der Waals surface area contributed by atoms with Crippen molar-refractivity contribution in [3.8, 4) is 6.07 Å². The summed E-state index contributed by atoms with van der Waals surface area (Å²) in [4.78, 5) is 7.06. The summed E-state index contributed by atoms with van der Waals surface area (Å²) in [6.07, 6.45) is 3.55. The third kappa shape index (κ3) is 3.58. The zero-order valence-electron chi connectivity index (χ0n) is 16.6. The first-order valence-electron chi connectivity index (χ1n) is 9.79. The second-order valence-corrected chi connectivity index (χ2v) is 9.72. The summed E-state index contributed by atoms with van der Waals surface area (Å²) in [6.45, 7) is 5.89. The molecule has 2 heterocycles. The molecule has 0 spiro atoms. The van der Waals surface area contributed by atoms with Crippen LogP contribution in [-0.2, 0) is 9.84 Å². The van der Waals surface area contributed by atoms with Gasteiger partial charge in [-0.3, -0.25) is 4.98 Å². The number of pyridine rings is 1. The molecule has 0 saturated carbocycles. The lowest BCUT2D eigenvalue weighted by Crippen LogP contribution is -2.34. The lowest BCUT2D eigenvalue weighted by atomic mass is 9.98.